The summed E-state index contributed by atoms with van der Waals surface area (Å²) < 4.78 is 0. The Labute approximate surface area is 88.8 Å². The molecule has 0 bridgehead atoms. The van der Waals surface area contributed by atoms with Crippen LogP contribution in [0, 0.1) is 13.8 Å². The molecule has 3 heteroatoms. The minimum Gasteiger partial charge on any atom is -0.392 e. The first-order valence-electron chi connectivity index (χ1n) is 4.94. The third-order valence-electron chi connectivity index (χ3n) is 2.39. The highest BCUT2D eigenvalue weighted by molar-refractivity contribution is 5.62. The molecule has 0 aliphatic rings. The first-order valence-corrected chi connectivity index (χ1v) is 4.94. The summed E-state index contributed by atoms with van der Waals surface area (Å²) in [4.78, 5) is 7.59. The van der Waals surface area contributed by atoms with E-state index in [9.17, 15) is 0 Å². The molecule has 0 aliphatic heterocycles. The number of hydrogen-bond acceptors (Lipinski definition) is 2. The van der Waals surface area contributed by atoms with Gasteiger partial charge < -0.3 is 10.1 Å². The number of hydrogen-bond donors (Lipinski definition) is 2. The van der Waals surface area contributed by atoms with Gasteiger partial charge in [0, 0.05) is 11.3 Å². The van der Waals surface area contributed by atoms with Gasteiger partial charge in [0.25, 0.3) is 0 Å². The minimum absolute atomic E-state index is 0.0658. The van der Waals surface area contributed by atoms with Gasteiger partial charge in [0.05, 0.1) is 12.3 Å². The molecular formula is C12H14N2O. The van der Waals surface area contributed by atoms with Gasteiger partial charge in [0.15, 0.2) is 0 Å². The molecule has 2 rings (SSSR count). The lowest BCUT2D eigenvalue weighted by Gasteiger charge is -2.01. The van der Waals surface area contributed by atoms with Crippen molar-refractivity contribution in [3.8, 4) is 11.3 Å². The van der Waals surface area contributed by atoms with Crippen molar-refractivity contribution >= 4 is 0 Å². The summed E-state index contributed by atoms with van der Waals surface area (Å²) >= 11 is 0. The molecule has 0 atom stereocenters. The number of aryl methyl sites for hydroxylation is 2. The quantitative estimate of drug-likeness (QED) is 0.784. The number of aliphatic hydroxyl groups is 1. The van der Waals surface area contributed by atoms with E-state index in [1.54, 1.807) is 0 Å². The minimum atomic E-state index is 0.0658. The number of aromatic amines is 1. The summed E-state index contributed by atoms with van der Waals surface area (Å²) in [5, 5.41) is 9.06. The molecule has 0 spiro atoms. The van der Waals surface area contributed by atoms with Crippen LogP contribution >= 0.6 is 0 Å². The van der Waals surface area contributed by atoms with Gasteiger partial charge >= 0.3 is 0 Å². The zero-order valence-electron chi connectivity index (χ0n) is 8.91. The number of aromatic nitrogens is 2. The number of aliphatic hydroxyl groups excluding tert-OH is 1. The Morgan fingerprint density at radius 1 is 1.33 bits per heavy atom. The molecule has 78 valence electrons. The highest BCUT2D eigenvalue weighted by atomic mass is 16.3. The zero-order valence-corrected chi connectivity index (χ0v) is 8.91. The fourth-order valence-corrected chi connectivity index (χ4v) is 1.71. The smallest absolute Gasteiger partial charge is 0.103 e. The SMILES string of the molecule is Cc1nc(-c2cccc(CO)c2)c(C)[nH]1. The van der Waals surface area contributed by atoms with Crippen molar-refractivity contribution in [2.24, 2.45) is 0 Å². The largest absolute Gasteiger partial charge is 0.392 e. The second-order valence-corrected chi connectivity index (χ2v) is 3.65. The summed E-state index contributed by atoms with van der Waals surface area (Å²) in [6.07, 6.45) is 0. The highest BCUT2D eigenvalue weighted by Gasteiger charge is 2.06. The summed E-state index contributed by atoms with van der Waals surface area (Å²) in [7, 11) is 0. The van der Waals surface area contributed by atoms with Gasteiger partial charge in [-0.15, -0.1) is 0 Å². The Hall–Kier alpha value is -1.61. The maximum Gasteiger partial charge on any atom is 0.103 e. The van der Waals surface area contributed by atoms with Gasteiger partial charge in [-0.05, 0) is 25.5 Å². The maximum absolute atomic E-state index is 9.06. The van der Waals surface area contributed by atoms with Crippen LogP contribution in [0.15, 0.2) is 24.3 Å². The lowest BCUT2D eigenvalue weighted by Crippen LogP contribution is -1.86. The maximum atomic E-state index is 9.06. The van der Waals surface area contributed by atoms with Crippen molar-refractivity contribution in [1.82, 2.24) is 9.97 Å². The van der Waals surface area contributed by atoms with Crippen molar-refractivity contribution in [1.29, 1.82) is 0 Å². The molecule has 0 saturated heterocycles. The van der Waals surface area contributed by atoms with Crippen LogP contribution in [-0.2, 0) is 6.61 Å². The third kappa shape index (κ3) is 1.92. The predicted molar refractivity (Wildman–Crippen MR) is 59.4 cm³/mol. The molecule has 3 nitrogen and oxygen atoms in total. The molecule has 2 aromatic rings. The first kappa shape index (κ1) is 9.93. The molecule has 1 heterocycles. The number of imidazole rings is 1. The molecule has 0 unspecified atom stereocenters. The molecule has 2 N–H and O–H groups in total. The van der Waals surface area contributed by atoms with Crippen LogP contribution in [-0.4, -0.2) is 15.1 Å². The molecule has 0 aliphatic carbocycles. The van der Waals surface area contributed by atoms with Gasteiger partial charge in [-0.2, -0.15) is 0 Å². The standard InChI is InChI=1S/C12H14N2O/c1-8-12(14-9(2)13-8)11-5-3-4-10(6-11)7-15/h3-6,15H,7H2,1-2H3,(H,13,14). The van der Waals surface area contributed by atoms with Crippen LogP contribution in [0.3, 0.4) is 0 Å². The van der Waals surface area contributed by atoms with E-state index in [-0.39, 0.29) is 6.61 Å². The van der Waals surface area contributed by atoms with Gasteiger partial charge in [-0.1, -0.05) is 18.2 Å². The fourth-order valence-electron chi connectivity index (χ4n) is 1.71. The van der Waals surface area contributed by atoms with E-state index in [0.29, 0.717) is 0 Å². The van der Waals surface area contributed by atoms with Gasteiger partial charge in [-0.25, -0.2) is 4.98 Å². The highest BCUT2D eigenvalue weighted by Crippen LogP contribution is 2.21. The number of rotatable bonds is 2. The summed E-state index contributed by atoms with van der Waals surface area (Å²) in [6.45, 7) is 4.00. The first-order chi connectivity index (χ1) is 7.20. The predicted octanol–water partition coefficient (Wildman–Crippen LogP) is 2.19. The van der Waals surface area contributed by atoms with E-state index >= 15 is 0 Å². The second-order valence-electron chi connectivity index (χ2n) is 3.65. The fraction of sp³-hybridized carbons (Fsp3) is 0.250. The Morgan fingerprint density at radius 3 is 2.73 bits per heavy atom. The van der Waals surface area contributed by atoms with Crippen molar-refractivity contribution in [3.63, 3.8) is 0 Å². The molecule has 0 radical (unpaired) electrons. The summed E-state index contributed by atoms with van der Waals surface area (Å²) in [6, 6.07) is 7.80. The number of benzene rings is 1. The molecule has 0 amide bonds. The number of H-pyrrole nitrogens is 1. The van der Waals surface area contributed by atoms with Crippen molar-refractivity contribution in [3.05, 3.63) is 41.3 Å². The van der Waals surface area contributed by atoms with E-state index in [4.69, 9.17) is 5.11 Å². The Bertz CT molecular complexity index is 474. The van der Waals surface area contributed by atoms with Crippen molar-refractivity contribution in [2.45, 2.75) is 20.5 Å². The number of nitrogens with one attached hydrogen (secondary N) is 1. The molecule has 0 fully saturated rings. The average Bonchev–Trinajstić information content (AvgIpc) is 2.58. The Balaban J connectivity index is 2.49. The zero-order chi connectivity index (χ0) is 10.8. The lowest BCUT2D eigenvalue weighted by molar-refractivity contribution is 0.282. The topological polar surface area (TPSA) is 48.9 Å². The van der Waals surface area contributed by atoms with Gasteiger partial charge in [-0.3, -0.25) is 0 Å². The Morgan fingerprint density at radius 2 is 2.13 bits per heavy atom. The van der Waals surface area contributed by atoms with Gasteiger partial charge in [0.2, 0.25) is 0 Å². The lowest BCUT2D eigenvalue weighted by atomic mass is 10.1. The van der Waals surface area contributed by atoms with Crippen LogP contribution in [0.2, 0.25) is 0 Å². The normalized spacial score (nSPS) is 10.6. The van der Waals surface area contributed by atoms with E-state index in [2.05, 4.69) is 9.97 Å². The molecular weight excluding hydrogens is 188 g/mol. The average molecular weight is 202 g/mol. The molecule has 0 saturated carbocycles. The Kier molecular flexibility index (Phi) is 2.56. The van der Waals surface area contributed by atoms with Crippen LogP contribution in [0.1, 0.15) is 17.1 Å². The molecule has 1 aromatic carbocycles. The summed E-state index contributed by atoms with van der Waals surface area (Å²) in [5.41, 5.74) is 3.97. The molecule has 1 aromatic heterocycles. The summed E-state index contributed by atoms with van der Waals surface area (Å²) in [5.74, 6) is 0.914. The van der Waals surface area contributed by atoms with Crippen LogP contribution < -0.4 is 0 Å². The van der Waals surface area contributed by atoms with E-state index < -0.39 is 0 Å². The van der Waals surface area contributed by atoms with Gasteiger partial charge in [0.1, 0.15) is 5.82 Å². The number of nitrogens with zero attached hydrogens (tertiary/aromatic N) is 1. The third-order valence-corrected chi connectivity index (χ3v) is 2.39. The van der Waals surface area contributed by atoms with E-state index in [0.717, 1.165) is 28.3 Å². The van der Waals surface area contributed by atoms with Crippen molar-refractivity contribution in [2.75, 3.05) is 0 Å². The van der Waals surface area contributed by atoms with Crippen LogP contribution in [0.4, 0.5) is 0 Å². The van der Waals surface area contributed by atoms with Crippen LogP contribution in [0.5, 0.6) is 0 Å². The monoisotopic (exact) mass is 202 g/mol. The van der Waals surface area contributed by atoms with E-state index in [1.807, 2.05) is 38.1 Å². The van der Waals surface area contributed by atoms with Crippen LogP contribution in [0.25, 0.3) is 11.3 Å². The second kappa shape index (κ2) is 3.87. The molecule has 15 heavy (non-hydrogen) atoms. The van der Waals surface area contributed by atoms with E-state index in [1.165, 1.54) is 0 Å². The van der Waals surface area contributed by atoms with Crippen molar-refractivity contribution < 1.29 is 5.11 Å².